The predicted molar refractivity (Wildman–Crippen MR) is 96.1 cm³/mol. The monoisotopic (exact) mass is 346 g/mol. The fourth-order valence-electron chi connectivity index (χ4n) is 2.77. The van der Waals surface area contributed by atoms with Crippen molar-refractivity contribution in [3.05, 3.63) is 23.5 Å². The lowest BCUT2D eigenvalue weighted by Crippen LogP contribution is -2.28. The van der Waals surface area contributed by atoms with Crippen LogP contribution >= 0.6 is 11.8 Å². The normalized spacial score (nSPS) is 17.2. The van der Waals surface area contributed by atoms with Gasteiger partial charge in [-0.2, -0.15) is 4.98 Å². The third-order valence-corrected chi connectivity index (χ3v) is 4.73. The van der Waals surface area contributed by atoms with E-state index in [0.29, 0.717) is 11.8 Å². The van der Waals surface area contributed by atoms with E-state index >= 15 is 0 Å². The fraction of sp³-hybridized carbons (Fsp3) is 0.500. The van der Waals surface area contributed by atoms with Crippen LogP contribution < -0.4 is 15.0 Å². The van der Waals surface area contributed by atoms with Gasteiger partial charge in [0.15, 0.2) is 5.16 Å². The van der Waals surface area contributed by atoms with Gasteiger partial charge in [0.2, 0.25) is 11.8 Å². The van der Waals surface area contributed by atoms with E-state index in [-0.39, 0.29) is 6.04 Å². The highest BCUT2D eigenvalue weighted by molar-refractivity contribution is 7.98. The summed E-state index contributed by atoms with van der Waals surface area (Å²) in [5.41, 5.74) is 2.18. The zero-order valence-corrected chi connectivity index (χ0v) is 15.2. The molecule has 0 amide bonds. The number of nitrogens with zero attached hydrogens (tertiary/aromatic N) is 5. The first-order valence-electron chi connectivity index (χ1n) is 7.88. The molecule has 0 aliphatic carbocycles. The molecule has 1 saturated heterocycles. The van der Waals surface area contributed by atoms with Crippen LogP contribution in [0.25, 0.3) is 0 Å². The highest BCUT2D eigenvalue weighted by Crippen LogP contribution is 2.26. The van der Waals surface area contributed by atoms with Gasteiger partial charge < -0.3 is 15.0 Å². The molecule has 1 aliphatic rings. The number of aryl methyl sites for hydroxylation is 1. The van der Waals surface area contributed by atoms with Crippen molar-refractivity contribution in [3.63, 3.8) is 0 Å². The van der Waals surface area contributed by atoms with Gasteiger partial charge >= 0.3 is 0 Å². The molecule has 0 aromatic carbocycles. The van der Waals surface area contributed by atoms with Crippen LogP contribution in [0.3, 0.4) is 0 Å². The summed E-state index contributed by atoms with van der Waals surface area (Å²) in [4.78, 5) is 20.1. The van der Waals surface area contributed by atoms with Gasteiger partial charge in [0, 0.05) is 42.7 Å². The van der Waals surface area contributed by atoms with Crippen molar-refractivity contribution < 1.29 is 4.74 Å². The second-order valence-electron chi connectivity index (χ2n) is 5.74. The van der Waals surface area contributed by atoms with E-state index in [1.807, 2.05) is 13.2 Å². The van der Waals surface area contributed by atoms with E-state index < -0.39 is 0 Å². The minimum absolute atomic E-state index is 0.282. The number of anilines is 2. The molecule has 128 valence electrons. The smallest absolute Gasteiger partial charge is 0.226 e. The van der Waals surface area contributed by atoms with Gasteiger partial charge in [-0.1, -0.05) is 11.8 Å². The van der Waals surface area contributed by atoms with Crippen molar-refractivity contribution in [1.29, 1.82) is 0 Å². The molecule has 0 radical (unpaired) electrons. The molecule has 1 unspecified atom stereocenters. The Morgan fingerprint density at radius 1 is 1.29 bits per heavy atom. The Morgan fingerprint density at radius 2 is 2.12 bits per heavy atom. The highest BCUT2D eigenvalue weighted by atomic mass is 32.2. The summed E-state index contributed by atoms with van der Waals surface area (Å²) < 4.78 is 5.14. The summed E-state index contributed by atoms with van der Waals surface area (Å²) >= 11 is 1.57. The second-order valence-corrected chi connectivity index (χ2v) is 6.52. The minimum Gasteiger partial charge on any atom is -0.481 e. The highest BCUT2D eigenvalue weighted by Gasteiger charge is 2.26. The fourth-order valence-corrected chi connectivity index (χ4v) is 3.17. The van der Waals surface area contributed by atoms with Gasteiger partial charge in [-0.05, 0) is 26.5 Å². The number of hydrogen-bond donors (Lipinski definition) is 1. The van der Waals surface area contributed by atoms with E-state index in [4.69, 9.17) is 9.72 Å². The average Bonchev–Trinajstić information content (AvgIpc) is 3.05. The van der Waals surface area contributed by atoms with Gasteiger partial charge in [-0.25, -0.2) is 15.0 Å². The Kier molecular flexibility index (Phi) is 5.03. The molecule has 1 aliphatic heterocycles. The molecule has 1 N–H and O–H groups in total. The molecule has 0 bridgehead atoms. The number of ether oxygens (including phenoxy) is 1. The molecule has 8 heteroatoms. The van der Waals surface area contributed by atoms with Crippen LogP contribution in [0.2, 0.25) is 0 Å². The van der Waals surface area contributed by atoms with Gasteiger partial charge in [0.1, 0.15) is 5.82 Å². The maximum atomic E-state index is 5.14. The maximum Gasteiger partial charge on any atom is 0.226 e. The molecule has 3 rings (SSSR count). The second kappa shape index (κ2) is 7.21. The number of rotatable bonds is 5. The number of aromatic nitrogens is 4. The van der Waals surface area contributed by atoms with Gasteiger partial charge in [0.05, 0.1) is 7.11 Å². The summed E-state index contributed by atoms with van der Waals surface area (Å²) in [7, 11) is 1.60. The molecule has 2 aromatic heterocycles. The summed E-state index contributed by atoms with van der Waals surface area (Å²) in [6.07, 6.45) is 4.71. The van der Waals surface area contributed by atoms with E-state index in [0.717, 1.165) is 41.7 Å². The van der Waals surface area contributed by atoms with Crippen LogP contribution in [0, 0.1) is 13.8 Å². The first-order valence-corrected chi connectivity index (χ1v) is 9.11. The number of thioether (sulfide) groups is 1. The van der Waals surface area contributed by atoms with Gasteiger partial charge in [-0.3, -0.25) is 0 Å². The molecule has 3 heterocycles. The Labute approximate surface area is 146 Å². The molecule has 0 saturated carbocycles. The Hall–Kier alpha value is -2.09. The van der Waals surface area contributed by atoms with Crippen molar-refractivity contribution in [2.75, 3.05) is 36.7 Å². The van der Waals surface area contributed by atoms with E-state index in [9.17, 15) is 0 Å². The lowest BCUT2D eigenvalue weighted by atomic mass is 10.2. The zero-order valence-electron chi connectivity index (χ0n) is 14.4. The third kappa shape index (κ3) is 3.53. The van der Waals surface area contributed by atoms with Crippen molar-refractivity contribution >= 4 is 23.5 Å². The molecule has 7 nitrogen and oxygen atoms in total. The van der Waals surface area contributed by atoms with Crippen LogP contribution in [0.15, 0.2) is 17.4 Å². The first kappa shape index (κ1) is 16.8. The molecular formula is C16H22N6OS. The number of methoxy groups -OCH3 is 1. The van der Waals surface area contributed by atoms with E-state index in [1.165, 1.54) is 0 Å². The average molecular weight is 346 g/mol. The van der Waals surface area contributed by atoms with E-state index in [1.54, 1.807) is 31.1 Å². The SMILES string of the molecule is COc1ccnc(NC2CCN(c3nc(SC)nc(C)c3C)C2)n1. The lowest BCUT2D eigenvalue weighted by Gasteiger charge is -2.21. The molecule has 1 atom stereocenters. The third-order valence-electron chi connectivity index (χ3n) is 4.19. The Morgan fingerprint density at radius 3 is 2.88 bits per heavy atom. The molecule has 0 spiro atoms. The summed E-state index contributed by atoms with van der Waals surface area (Å²) in [5, 5.41) is 4.21. The van der Waals surface area contributed by atoms with E-state index in [2.05, 4.69) is 32.1 Å². The van der Waals surface area contributed by atoms with Crippen LogP contribution in [-0.4, -0.2) is 52.4 Å². The van der Waals surface area contributed by atoms with Crippen molar-refractivity contribution in [1.82, 2.24) is 19.9 Å². The van der Waals surface area contributed by atoms with Crippen LogP contribution in [0.4, 0.5) is 11.8 Å². The van der Waals surface area contributed by atoms with Crippen molar-refractivity contribution in [2.45, 2.75) is 31.5 Å². The lowest BCUT2D eigenvalue weighted by molar-refractivity contribution is 0.397. The zero-order chi connectivity index (χ0) is 17.1. The first-order chi connectivity index (χ1) is 11.6. The maximum absolute atomic E-state index is 5.14. The van der Waals surface area contributed by atoms with Crippen LogP contribution in [0.5, 0.6) is 5.88 Å². The standard InChI is InChI=1S/C16H22N6OS/c1-10-11(2)18-16(24-4)21-14(10)22-8-6-12(9-22)19-15-17-7-5-13(20-15)23-3/h5,7,12H,6,8-9H2,1-4H3,(H,17,19,20). The van der Waals surface area contributed by atoms with Crippen LogP contribution in [0.1, 0.15) is 17.7 Å². The summed E-state index contributed by atoms with van der Waals surface area (Å²) in [5.74, 6) is 2.19. The van der Waals surface area contributed by atoms with Gasteiger partial charge in [0.25, 0.3) is 0 Å². The van der Waals surface area contributed by atoms with Gasteiger partial charge in [-0.15, -0.1) is 0 Å². The molecule has 2 aromatic rings. The van der Waals surface area contributed by atoms with Crippen molar-refractivity contribution in [2.24, 2.45) is 0 Å². The number of hydrogen-bond acceptors (Lipinski definition) is 8. The predicted octanol–water partition coefficient (Wildman–Crippen LogP) is 2.30. The number of nitrogens with one attached hydrogen (secondary N) is 1. The summed E-state index contributed by atoms with van der Waals surface area (Å²) in [6.45, 7) is 5.94. The molecule has 1 fully saturated rings. The Balaban J connectivity index is 1.72. The quantitative estimate of drug-likeness (QED) is 0.653. The van der Waals surface area contributed by atoms with Crippen molar-refractivity contribution in [3.8, 4) is 5.88 Å². The minimum atomic E-state index is 0.282. The van der Waals surface area contributed by atoms with Crippen LogP contribution in [-0.2, 0) is 0 Å². The topological polar surface area (TPSA) is 76.1 Å². The summed E-state index contributed by atoms with van der Waals surface area (Å²) in [6, 6.07) is 2.02. The Bertz CT molecular complexity index is 726. The molecule has 24 heavy (non-hydrogen) atoms. The molecular weight excluding hydrogens is 324 g/mol. The largest absolute Gasteiger partial charge is 0.481 e.